The summed E-state index contributed by atoms with van der Waals surface area (Å²) in [6.45, 7) is 4.20. The largest absolute Gasteiger partial charge is 0.490 e. The summed E-state index contributed by atoms with van der Waals surface area (Å²) in [5, 5.41) is 4.45. The smallest absolute Gasteiger partial charge is 0.152 e. The van der Waals surface area contributed by atoms with E-state index in [0.29, 0.717) is 13.0 Å². The number of fused-ring (bicyclic) bond motifs is 1. The summed E-state index contributed by atoms with van der Waals surface area (Å²) < 4.78 is 31.2. The standard InChI is InChI=1S/C17H21N3O3S/c1-17(6-9-24(21,22)13-17)20-12-14(10-18-20)11-19-7-8-23-16-5-3-2-4-15(16)19/h2-5,10,12H,6-9,11,13H2,1H3. The van der Waals surface area contributed by atoms with Gasteiger partial charge in [0, 0.05) is 18.3 Å². The summed E-state index contributed by atoms with van der Waals surface area (Å²) in [7, 11) is -2.95. The van der Waals surface area contributed by atoms with E-state index in [0.717, 1.165) is 30.1 Å². The lowest BCUT2D eigenvalue weighted by atomic mass is 10.0. The predicted molar refractivity (Wildman–Crippen MR) is 92.1 cm³/mol. The van der Waals surface area contributed by atoms with Crippen molar-refractivity contribution in [1.29, 1.82) is 0 Å². The average Bonchev–Trinajstić information content (AvgIpc) is 3.13. The Labute approximate surface area is 142 Å². The highest BCUT2D eigenvalue weighted by atomic mass is 32.2. The van der Waals surface area contributed by atoms with Gasteiger partial charge in [-0.25, -0.2) is 8.42 Å². The quantitative estimate of drug-likeness (QED) is 0.847. The molecule has 0 amide bonds. The van der Waals surface area contributed by atoms with Crippen molar-refractivity contribution in [3.05, 3.63) is 42.2 Å². The van der Waals surface area contributed by atoms with E-state index < -0.39 is 15.4 Å². The van der Waals surface area contributed by atoms with Gasteiger partial charge < -0.3 is 9.64 Å². The van der Waals surface area contributed by atoms with E-state index in [9.17, 15) is 8.42 Å². The normalized spacial score (nSPS) is 25.3. The van der Waals surface area contributed by atoms with Crippen LogP contribution in [0, 0.1) is 0 Å². The Morgan fingerprint density at radius 2 is 2.17 bits per heavy atom. The van der Waals surface area contributed by atoms with Crippen LogP contribution in [0.15, 0.2) is 36.7 Å². The van der Waals surface area contributed by atoms with Crippen LogP contribution in [0.3, 0.4) is 0 Å². The second kappa shape index (κ2) is 5.51. The maximum Gasteiger partial charge on any atom is 0.152 e. The van der Waals surface area contributed by atoms with Gasteiger partial charge in [-0.1, -0.05) is 12.1 Å². The molecule has 1 aromatic carbocycles. The molecule has 2 aromatic rings. The fourth-order valence-electron chi connectivity index (χ4n) is 3.52. The summed E-state index contributed by atoms with van der Waals surface area (Å²) >= 11 is 0. The second-order valence-electron chi connectivity index (χ2n) is 6.87. The number of sulfone groups is 1. The molecule has 0 N–H and O–H groups in total. The third kappa shape index (κ3) is 2.77. The highest BCUT2D eigenvalue weighted by molar-refractivity contribution is 7.91. The van der Waals surface area contributed by atoms with Gasteiger partial charge in [-0.05, 0) is 25.5 Å². The monoisotopic (exact) mass is 347 g/mol. The molecular formula is C17H21N3O3S. The third-order valence-electron chi connectivity index (χ3n) is 4.87. The first-order valence-electron chi connectivity index (χ1n) is 8.16. The van der Waals surface area contributed by atoms with Gasteiger partial charge >= 0.3 is 0 Å². The van der Waals surface area contributed by atoms with Gasteiger partial charge in [-0.2, -0.15) is 5.10 Å². The Morgan fingerprint density at radius 3 is 2.96 bits per heavy atom. The van der Waals surface area contributed by atoms with Gasteiger partial charge in [-0.15, -0.1) is 0 Å². The molecule has 1 atom stereocenters. The van der Waals surface area contributed by atoms with E-state index >= 15 is 0 Å². The van der Waals surface area contributed by atoms with E-state index in [2.05, 4.69) is 16.1 Å². The van der Waals surface area contributed by atoms with Crippen LogP contribution in [0.25, 0.3) is 0 Å². The number of rotatable bonds is 3. The lowest BCUT2D eigenvalue weighted by Crippen LogP contribution is -2.32. The zero-order valence-electron chi connectivity index (χ0n) is 13.7. The molecule has 128 valence electrons. The molecule has 2 aliphatic rings. The molecule has 4 rings (SSSR count). The zero-order chi connectivity index (χ0) is 16.8. The fourth-order valence-corrected chi connectivity index (χ4v) is 5.64. The lowest BCUT2D eigenvalue weighted by molar-refractivity contribution is 0.306. The molecule has 0 saturated carbocycles. The molecule has 0 bridgehead atoms. The number of hydrogen-bond acceptors (Lipinski definition) is 5. The molecule has 0 radical (unpaired) electrons. The second-order valence-corrected chi connectivity index (χ2v) is 9.05. The number of para-hydroxylation sites is 2. The Kier molecular flexibility index (Phi) is 3.56. The topological polar surface area (TPSA) is 64.4 Å². The predicted octanol–water partition coefficient (Wildman–Crippen LogP) is 1.82. The lowest BCUT2D eigenvalue weighted by Gasteiger charge is -2.30. The molecule has 2 aliphatic heterocycles. The summed E-state index contributed by atoms with van der Waals surface area (Å²) in [6, 6.07) is 8.02. The number of benzene rings is 1. The van der Waals surface area contributed by atoms with E-state index in [4.69, 9.17) is 4.74 Å². The number of aromatic nitrogens is 2. The van der Waals surface area contributed by atoms with Crippen LogP contribution in [0.2, 0.25) is 0 Å². The molecule has 24 heavy (non-hydrogen) atoms. The molecular weight excluding hydrogens is 326 g/mol. The van der Waals surface area contributed by atoms with E-state index in [1.54, 1.807) is 0 Å². The molecule has 1 aromatic heterocycles. The number of hydrogen-bond donors (Lipinski definition) is 0. The van der Waals surface area contributed by atoms with Gasteiger partial charge in [0.25, 0.3) is 0 Å². The zero-order valence-corrected chi connectivity index (χ0v) is 14.5. The van der Waals surface area contributed by atoms with Crippen molar-refractivity contribution in [2.45, 2.75) is 25.4 Å². The van der Waals surface area contributed by atoms with E-state index in [1.807, 2.05) is 42.2 Å². The van der Waals surface area contributed by atoms with Gasteiger partial charge in [0.2, 0.25) is 0 Å². The summed E-state index contributed by atoms with van der Waals surface area (Å²) in [5.41, 5.74) is 1.74. The summed E-state index contributed by atoms with van der Waals surface area (Å²) in [6.07, 6.45) is 4.45. The molecule has 1 saturated heterocycles. The van der Waals surface area contributed by atoms with Crippen LogP contribution in [0.4, 0.5) is 5.69 Å². The summed E-state index contributed by atoms with van der Waals surface area (Å²) in [5.74, 6) is 1.32. The Hall–Kier alpha value is -2.02. The van der Waals surface area contributed by atoms with Crippen molar-refractivity contribution in [3.63, 3.8) is 0 Å². The van der Waals surface area contributed by atoms with Crippen molar-refractivity contribution in [2.24, 2.45) is 0 Å². The van der Waals surface area contributed by atoms with Crippen molar-refractivity contribution in [1.82, 2.24) is 9.78 Å². The molecule has 7 heteroatoms. The number of anilines is 1. The van der Waals surface area contributed by atoms with Gasteiger partial charge in [-0.3, -0.25) is 4.68 Å². The molecule has 3 heterocycles. The van der Waals surface area contributed by atoms with Gasteiger partial charge in [0.15, 0.2) is 9.84 Å². The fraction of sp³-hybridized carbons (Fsp3) is 0.471. The first-order valence-corrected chi connectivity index (χ1v) is 9.99. The van der Waals surface area contributed by atoms with Crippen LogP contribution in [0.1, 0.15) is 18.9 Å². The summed E-state index contributed by atoms with van der Waals surface area (Å²) in [4.78, 5) is 2.27. The Balaban J connectivity index is 1.55. The highest BCUT2D eigenvalue weighted by Gasteiger charge is 2.40. The minimum absolute atomic E-state index is 0.168. The van der Waals surface area contributed by atoms with Crippen LogP contribution < -0.4 is 9.64 Å². The molecule has 0 spiro atoms. The Bertz CT molecular complexity index is 861. The highest BCUT2D eigenvalue weighted by Crippen LogP contribution is 2.33. The molecule has 6 nitrogen and oxygen atoms in total. The van der Waals surface area contributed by atoms with E-state index in [-0.39, 0.29) is 11.5 Å². The van der Waals surface area contributed by atoms with Crippen molar-refractivity contribution >= 4 is 15.5 Å². The van der Waals surface area contributed by atoms with Crippen molar-refractivity contribution < 1.29 is 13.2 Å². The Morgan fingerprint density at radius 1 is 1.33 bits per heavy atom. The first-order chi connectivity index (χ1) is 11.5. The minimum Gasteiger partial charge on any atom is -0.490 e. The molecule has 1 fully saturated rings. The SMILES string of the molecule is CC1(n2cc(CN3CCOc4ccccc43)cn2)CCS(=O)(=O)C1. The van der Waals surface area contributed by atoms with E-state index in [1.165, 1.54) is 0 Å². The van der Waals surface area contributed by atoms with Crippen LogP contribution in [-0.2, 0) is 21.9 Å². The van der Waals surface area contributed by atoms with Gasteiger partial charge in [0.05, 0.1) is 35.5 Å². The average molecular weight is 347 g/mol. The third-order valence-corrected chi connectivity index (χ3v) is 6.76. The maximum absolute atomic E-state index is 11.8. The maximum atomic E-state index is 11.8. The van der Waals surface area contributed by atoms with Crippen molar-refractivity contribution in [3.8, 4) is 5.75 Å². The minimum atomic E-state index is -2.95. The van der Waals surface area contributed by atoms with Crippen LogP contribution in [0.5, 0.6) is 5.75 Å². The number of ether oxygens (including phenoxy) is 1. The molecule has 1 unspecified atom stereocenters. The molecule has 0 aliphatic carbocycles. The van der Waals surface area contributed by atoms with Crippen LogP contribution in [-0.4, -0.2) is 42.9 Å². The van der Waals surface area contributed by atoms with Gasteiger partial charge in [0.1, 0.15) is 12.4 Å². The number of nitrogens with zero attached hydrogens (tertiary/aromatic N) is 3. The van der Waals surface area contributed by atoms with Crippen molar-refractivity contribution in [2.75, 3.05) is 29.6 Å². The van der Waals surface area contributed by atoms with Crippen LogP contribution >= 0.6 is 0 Å². The first kappa shape index (κ1) is 15.5.